The van der Waals surface area contributed by atoms with Gasteiger partial charge in [-0.2, -0.15) is 0 Å². The van der Waals surface area contributed by atoms with Crippen LogP contribution in [0.25, 0.3) is 0 Å². The van der Waals surface area contributed by atoms with Crippen LogP contribution in [0.1, 0.15) is 19.4 Å². The normalized spacial score (nSPS) is 15.2. The number of amides is 1. The number of hydrogen-bond acceptors (Lipinski definition) is 8. The van der Waals surface area contributed by atoms with Gasteiger partial charge >= 0.3 is 5.50 Å². The molecule has 1 unspecified atom stereocenters. The molecule has 1 aliphatic rings. The number of hydrogen-bond donors (Lipinski definition) is 0. The fraction of sp³-hybridized carbons (Fsp3) is 0.316. The van der Waals surface area contributed by atoms with E-state index in [1.807, 2.05) is 44.2 Å². The van der Waals surface area contributed by atoms with Gasteiger partial charge in [-0.3, -0.25) is 14.9 Å². The van der Waals surface area contributed by atoms with E-state index < -0.39 is 10.4 Å². The van der Waals surface area contributed by atoms with Crippen LogP contribution in [0.4, 0.5) is 16.2 Å². The highest BCUT2D eigenvalue weighted by Crippen LogP contribution is 2.31. The van der Waals surface area contributed by atoms with Crippen molar-refractivity contribution in [3.05, 3.63) is 64.2 Å². The van der Waals surface area contributed by atoms with Crippen molar-refractivity contribution in [2.24, 2.45) is 15.6 Å². The van der Waals surface area contributed by atoms with Crippen molar-refractivity contribution in [3.8, 4) is 5.75 Å². The molecule has 0 saturated carbocycles. The number of nitrogens with zero attached hydrogens (tertiary/aromatic N) is 6. The van der Waals surface area contributed by atoms with Crippen molar-refractivity contribution in [2.45, 2.75) is 31.9 Å². The van der Waals surface area contributed by atoms with E-state index in [1.165, 1.54) is 25.3 Å². The highest BCUT2D eigenvalue weighted by Gasteiger charge is 2.34. The van der Waals surface area contributed by atoms with Crippen LogP contribution in [0.3, 0.4) is 0 Å². The van der Waals surface area contributed by atoms with Crippen molar-refractivity contribution in [1.82, 2.24) is 4.90 Å². The number of carbonyl (C=O) groups excluding carboxylic acids is 1. The zero-order valence-corrected chi connectivity index (χ0v) is 17.5. The van der Waals surface area contributed by atoms with Gasteiger partial charge in [-0.05, 0) is 32.0 Å². The van der Waals surface area contributed by atoms with Crippen LogP contribution in [-0.2, 0) is 6.54 Å². The van der Waals surface area contributed by atoms with Gasteiger partial charge in [0.25, 0.3) is 10.9 Å². The lowest BCUT2D eigenvalue weighted by atomic mass is 10.1. The first kappa shape index (κ1) is 21.4. The summed E-state index contributed by atoms with van der Waals surface area (Å²) in [5.41, 5.74) is 0.623. The third kappa shape index (κ3) is 4.79. The van der Waals surface area contributed by atoms with Crippen LogP contribution in [0.15, 0.2) is 64.1 Å². The van der Waals surface area contributed by atoms with Crippen LogP contribution >= 0.6 is 11.8 Å². The monoisotopic (exact) mass is 429 g/mol. The number of nitro groups is 1. The number of methoxy groups -OCH3 is 1. The van der Waals surface area contributed by atoms with Crippen LogP contribution in [0.5, 0.6) is 5.75 Å². The van der Waals surface area contributed by atoms with Gasteiger partial charge in [0.05, 0.1) is 18.6 Å². The summed E-state index contributed by atoms with van der Waals surface area (Å²) >= 11 is 0.974. The largest absolute Gasteiger partial charge is 0.496 e. The lowest BCUT2D eigenvalue weighted by Gasteiger charge is -2.27. The van der Waals surface area contributed by atoms with Crippen molar-refractivity contribution >= 4 is 28.4 Å². The maximum absolute atomic E-state index is 13.1. The van der Waals surface area contributed by atoms with Crippen molar-refractivity contribution in [3.63, 3.8) is 0 Å². The Bertz CT molecular complexity index is 996. The van der Waals surface area contributed by atoms with E-state index in [4.69, 9.17) is 4.74 Å². The first-order chi connectivity index (χ1) is 14.4. The van der Waals surface area contributed by atoms with Gasteiger partial charge in [-0.15, -0.1) is 0 Å². The number of para-hydroxylation sites is 1. The van der Waals surface area contributed by atoms with E-state index in [-0.39, 0.29) is 23.5 Å². The lowest BCUT2D eigenvalue weighted by molar-refractivity contribution is -0.515. The Morgan fingerprint density at radius 2 is 2.03 bits per heavy atom. The molecule has 0 N–H and O–H groups in total. The minimum atomic E-state index is -0.631. The fourth-order valence-electron chi connectivity index (χ4n) is 2.84. The summed E-state index contributed by atoms with van der Waals surface area (Å²) in [6, 6.07) is 13.5. The molecule has 0 aromatic heterocycles. The van der Waals surface area contributed by atoms with Gasteiger partial charge in [-0.25, -0.2) is 0 Å². The van der Waals surface area contributed by atoms with Gasteiger partial charge in [0.2, 0.25) is 5.22 Å². The highest BCUT2D eigenvalue weighted by molar-refractivity contribution is 8.13. The zero-order valence-electron chi connectivity index (χ0n) is 16.7. The molecular formula is C19H21N6O4S+. The Hall–Kier alpha value is -3.34. The summed E-state index contributed by atoms with van der Waals surface area (Å²) in [6.45, 7) is 3.90. The quantitative estimate of drug-likeness (QED) is 0.344. The molecule has 0 spiro atoms. The molecule has 2 aromatic carbocycles. The van der Waals surface area contributed by atoms with Gasteiger partial charge in [0.15, 0.2) is 10.9 Å². The van der Waals surface area contributed by atoms with Crippen LogP contribution in [-0.4, -0.2) is 38.4 Å². The Kier molecular flexibility index (Phi) is 6.72. The molecule has 1 amide bonds. The van der Waals surface area contributed by atoms with Crippen LogP contribution < -0.4 is 4.74 Å². The smallest absolute Gasteiger partial charge is 0.313 e. The second-order valence-corrected chi connectivity index (χ2v) is 7.67. The van der Waals surface area contributed by atoms with Crippen molar-refractivity contribution < 1.29 is 19.2 Å². The molecule has 0 bridgehead atoms. The van der Waals surface area contributed by atoms with E-state index in [0.29, 0.717) is 11.3 Å². The zero-order chi connectivity index (χ0) is 21.7. The topological polar surface area (TPSA) is 113 Å². The van der Waals surface area contributed by atoms with Crippen LogP contribution in [0, 0.1) is 10.1 Å². The minimum absolute atomic E-state index is 0.0618. The summed E-state index contributed by atoms with van der Waals surface area (Å²) < 4.78 is 6.89. The summed E-state index contributed by atoms with van der Waals surface area (Å²) in [6.07, 6.45) is 0. The third-order valence-electron chi connectivity index (χ3n) is 4.40. The van der Waals surface area contributed by atoms with E-state index in [9.17, 15) is 14.9 Å². The lowest BCUT2D eigenvalue weighted by Crippen LogP contribution is -2.35. The first-order valence-corrected chi connectivity index (χ1v) is 10.0. The summed E-state index contributed by atoms with van der Waals surface area (Å²) in [4.78, 5) is 25.4. The first-order valence-electron chi connectivity index (χ1n) is 9.14. The molecule has 0 aliphatic carbocycles. The molecule has 0 fully saturated rings. The Labute approximate surface area is 177 Å². The molecular weight excluding hydrogens is 408 g/mol. The SMILES string of the molecule is COc1ccc([N+](=O)[O-])cc1CN(C(=O)SC1N=NN=[N+]1c1ccccc1)C(C)C. The van der Waals surface area contributed by atoms with Gasteiger partial charge in [-0.1, -0.05) is 22.9 Å². The number of non-ortho nitro benzene ring substituents is 1. The standard InChI is InChI=1S/C19H21N6O4S/c1-13(2)23(12-14-11-16(25(27)28)9-10-17(14)29-3)19(26)30-18-20-21-22-24(18)15-7-5-4-6-8-15/h4-11,13,18H,12H2,1-3H3/q+1. The number of nitro benzene ring substituents is 1. The van der Waals surface area contributed by atoms with E-state index in [0.717, 1.165) is 17.4 Å². The highest BCUT2D eigenvalue weighted by atomic mass is 32.2. The molecule has 2 aromatic rings. The fourth-order valence-corrected chi connectivity index (χ4v) is 3.78. The number of carbonyl (C=O) groups is 1. The molecule has 3 rings (SSSR count). The molecule has 11 heteroatoms. The van der Waals surface area contributed by atoms with Gasteiger partial charge < -0.3 is 9.64 Å². The van der Waals surface area contributed by atoms with Crippen LogP contribution in [0.2, 0.25) is 0 Å². The third-order valence-corrected chi connectivity index (χ3v) is 5.34. The number of benzene rings is 2. The summed E-state index contributed by atoms with van der Waals surface area (Å²) in [5.74, 6) is 0.477. The molecule has 10 nitrogen and oxygen atoms in total. The summed E-state index contributed by atoms with van der Waals surface area (Å²) in [5, 5.41) is 22.6. The predicted molar refractivity (Wildman–Crippen MR) is 111 cm³/mol. The van der Waals surface area contributed by atoms with E-state index >= 15 is 0 Å². The van der Waals surface area contributed by atoms with E-state index in [2.05, 4.69) is 15.6 Å². The van der Waals surface area contributed by atoms with Crippen molar-refractivity contribution in [2.75, 3.05) is 7.11 Å². The van der Waals surface area contributed by atoms with E-state index in [1.54, 1.807) is 9.60 Å². The summed E-state index contributed by atoms with van der Waals surface area (Å²) in [7, 11) is 1.49. The number of ether oxygens (including phenoxy) is 1. The molecule has 1 heterocycles. The Morgan fingerprint density at radius 1 is 1.30 bits per heavy atom. The maximum atomic E-state index is 13.1. The predicted octanol–water partition coefficient (Wildman–Crippen LogP) is 5.13. The average Bonchev–Trinajstić information content (AvgIpc) is 3.20. The second-order valence-electron chi connectivity index (χ2n) is 6.66. The minimum Gasteiger partial charge on any atom is -0.496 e. The molecule has 1 atom stereocenters. The number of rotatable bonds is 7. The molecule has 0 saturated heterocycles. The second kappa shape index (κ2) is 9.44. The van der Waals surface area contributed by atoms with Gasteiger partial charge in [0.1, 0.15) is 5.75 Å². The van der Waals surface area contributed by atoms with Crippen molar-refractivity contribution in [1.29, 1.82) is 0 Å². The number of thioether (sulfide) groups is 1. The van der Waals surface area contributed by atoms with Gasteiger partial charge in [0, 0.05) is 40.6 Å². The maximum Gasteiger partial charge on any atom is 0.313 e. The Morgan fingerprint density at radius 3 is 2.67 bits per heavy atom. The molecule has 0 radical (unpaired) electrons. The molecule has 30 heavy (non-hydrogen) atoms. The molecule has 1 aliphatic heterocycles. The Balaban J connectivity index is 1.79. The average molecular weight is 429 g/mol. The molecule has 156 valence electrons.